The molecule has 29 heavy (non-hydrogen) atoms. The first-order valence-corrected chi connectivity index (χ1v) is 9.73. The fourth-order valence-corrected chi connectivity index (χ4v) is 3.15. The summed E-state index contributed by atoms with van der Waals surface area (Å²) in [5.74, 6) is -0.0835. The highest BCUT2D eigenvalue weighted by molar-refractivity contribution is 5.93. The normalized spacial score (nSPS) is 10.4. The predicted octanol–water partition coefficient (Wildman–Crippen LogP) is 4.46. The molecule has 0 fully saturated rings. The number of benzene rings is 2. The molecule has 0 saturated heterocycles. The van der Waals surface area contributed by atoms with Crippen LogP contribution in [-0.4, -0.2) is 30.7 Å². The largest absolute Gasteiger partial charge is 0.388 e. The van der Waals surface area contributed by atoms with Crippen LogP contribution in [0.5, 0.6) is 0 Å². The van der Waals surface area contributed by atoms with Crippen molar-refractivity contribution >= 4 is 17.8 Å². The van der Waals surface area contributed by atoms with Gasteiger partial charge in [-0.3, -0.25) is 9.78 Å². The van der Waals surface area contributed by atoms with Gasteiger partial charge in [0.25, 0.3) is 5.91 Å². The number of hydrogen-bond acceptors (Lipinski definition) is 4. The predicted molar refractivity (Wildman–Crippen MR) is 119 cm³/mol. The van der Waals surface area contributed by atoms with Gasteiger partial charge in [-0.05, 0) is 60.7 Å². The van der Waals surface area contributed by atoms with Gasteiger partial charge < -0.3 is 16.0 Å². The van der Waals surface area contributed by atoms with Crippen LogP contribution < -0.4 is 10.6 Å². The van der Waals surface area contributed by atoms with Crippen molar-refractivity contribution in [2.45, 2.75) is 19.8 Å². The molecule has 0 bridgehead atoms. The lowest BCUT2D eigenvalue weighted by Gasteiger charge is -2.09. The summed E-state index contributed by atoms with van der Waals surface area (Å²) >= 11 is 0. The maximum atomic E-state index is 12.1. The number of anilines is 1. The van der Waals surface area contributed by atoms with Crippen LogP contribution in [0.1, 0.15) is 33.6 Å². The molecule has 5 heteroatoms. The Morgan fingerprint density at radius 2 is 1.83 bits per heavy atom. The number of amides is 1. The Morgan fingerprint density at radius 1 is 1.07 bits per heavy atom. The number of aromatic nitrogens is 1. The van der Waals surface area contributed by atoms with Crippen molar-refractivity contribution < 1.29 is 4.79 Å². The van der Waals surface area contributed by atoms with E-state index < -0.39 is 0 Å². The average Bonchev–Trinajstić information content (AvgIpc) is 2.77. The first-order valence-electron chi connectivity index (χ1n) is 9.73. The summed E-state index contributed by atoms with van der Waals surface area (Å²) in [6.07, 6.45) is 4.75. The SMILES string of the molecule is CNc1ccc(-c2ccc(CCCNC(=O)c3ccc(C)nc3)cc2)cc1C=N. The van der Waals surface area contributed by atoms with E-state index in [1.165, 1.54) is 11.8 Å². The number of nitrogens with one attached hydrogen (secondary N) is 3. The van der Waals surface area contributed by atoms with E-state index in [0.717, 1.165) is 40.9 Å². The minimum Gasteiger partial charge on any atom is -0.388 e. The number of aryl methyl sites for hydroxylation is 2. The summed E-state index contributed by atoms with van der Waals surface area (Å²) in [6.45, 7) is 2.53. The van der Waals surface area contributed by atoms with E-state index in [1.807, 2.05) is 32.2 Å². The molecular formula is C24H26N4O. The summed E-state index contributed by atoms with van der Waals surface area (Å²) in [5.41, 5.74) is 6.76. The highest BCUT2D eigenvalue weighted by Gasteiger charge is 2.06. The fourth-order valence-electron chi connectivity index (χ4n) is 3.15. The number of rotatable bonds is 8. The van der Waals surface area contributed by atoms with E-state index in [2.05, 4.69) is 45.9 Å². The lowest BCUT2D eigenvalue weighted by atomic mass is 10.00. The van der Waals surface area contributed by atoms with Gasteiger partial charge in [-0.2, -0.15) is 0 Å². The van der Waals surface area contributed by atoms with Gasteiger partial charge in [-0.1, -0.05) is 30.3 Å². The molecule has 0 spiro atoms. The van der Waals surface area contributed by atoms with E-state index in [9.17, 15) is 4.79 Å². The van der Waals surface area contributed by atoms with Crippen molar-refractivity contribution in [3.8, 4) is 11.1 Å². The first-order chi connectivity index (χ1) is 14.1. The minimum atomic E-state index is -0.0835. The summed E-state index contributed by atoms with van der Waals surface area (Å²) in [6, 6.07) is 18.2. The second-order valence-corrected chi connectivity index (χ2v) is 6.94. The Bertz CT molecular complexity index is 979. The molecule has 148 valence electrons. The van der Waals surface area contributed by atoms with Crippen LogP contribution in [0.4, 0.5) is 5.69 Å². The van der Waals surface area contributed by atoms with Gasteiger partial charge in [0, 0.05) is 42.9 Å². The molecule has 0 aliphatic heterocycles. The highest BCUT2D eigenvalue weighted by Crippen LogP contribution is 2.24. The lowest BCUT2D eigenvalue weighted by Crippen LogP contribution is -2.24. The molecular weight excluding hydrogens is 360 g/mol. The first kappa shape index (κ1) is 20.3. The number of hydrogen-bond donors (Lipinski definition) is 3. The van der Waals surface area contributed by atoms with Gasteiger partial charge in [0.15, 0.2) is 0 Å². The summed E-state index contributed by atoms with van der Waals surface area (Å²) < 4.78 is 0. The van der Waals surface area contributed by atoms with Crippen LogP contribution in [0.2, 0.25) is 0 Å². The molecule has 0 aliphatic rings. The second kappa shape index (κ2) is 9.64. The van der Waals surface area contributed by atoms with E-state index in [0.29, 0.717) is 12.1 Å². The summed E-state index contributed by atoms with van der Waals surface area (Å²) in [4.78, 5) is 16.2. The van der Waals surface area contributed by atoms with Gasteiger partial charge in [0.05, 0.1) is 5.56 Å². The van der Waals surface area contributed by atoms with E-state index in [4.69, 9.17) is 5.41 Å². The molecule has 0 atom stereocenters. The second-order valence-electron chi connectivity index (χ2n) is 6.94. The van der Waals surface area contributed by atoms with Crippen molar-refractivity contribution in [3.63, 3.8) is 0 Å². The number of carbonyl (C=O) groups excluding carboxylic acids is 1. The Morgan fingerprint density at radius 3 is 2.48 bits per heavy atom. The standard InChI is InChI=1S/C24H26N4O/c1-17-5-8-21(16-28-17)24(29)27-13-3-4-18-6-9-19(10-7-18)20-11-12-23(26-2)22(14-20)15-25/h5-12,14-16,25-26H,3-4,13H2,1-2H3,(H,27,29). The molecule has 1 amide bonds. The third-order valence-corrected chi connectivity index (χ3v) is 4.87. The van der Waals surface area contributed by atoms with Gasteiger partial charge in [0.1, 0.15) is 0 Å². The number of nitrogens with zero attached hydrogens (tertiary/aromatic N) is 1. The maximum absolute atomic E-state index is 12.1. The molecule has 0 radical (unpaired) electrons. The molecule has 1 aromatic heterocycles. The lowest BCUT2D eigenvalue weighted by molar-refractivity contribution is 0.0953. The van der Waals surface area contributed by atoms with Crippen molar-refractivity contribution in [3.05, 3.63) is 83.2 Å². The third-order valence-electron chi connectivity index (χ3n) is 4.87. The topological polar surface area (TPSA) is 77.9 Å². The van der Waals surface area contributed by atoms with Crippen molar-refractivity contribution in [2.75, 3.05) is 18.9 Å². The van der Waals surface area contributed by atoms with Crippen LogP contribution in [0.15, 0.2) is 60.8 Å². The molecule has 2 aromatic carbocycles. The average molecular weight is 386 g/mol. The highest BCUT2D eigenvalue weighted by atomic mass is 16.1. The van der Waals surface area contributed by atoms with Gasteiger partial charge in [0.2, 0.25) is 0 Å². The van der Waals surface area contributed by atoms with Crippen LogP contribution in [0, 0.1) is 12.3 Å². The van der Waals surface area contributed by atoms with E-state index >= 15 is 0 Å². The third kappa shape index (κ3) is 5.29. The van der Waals surface area contributed by atoms with Crippen molar-refractivity contribution in [2.24, 2.45) is 0 Å². The Labute approximate surface area is 171 Å². The van der Waals surface area contributed by atoms with E-state index in [-0.39, 0.29) is 5.91 Å². The number of pyridine rings is 1. The fraction of sp³-hybridized carbons (Fsp3) is 0.208. The zero-order valence-electron chi connectivity index (χ0n) is 16.8. The minimum absolute atomic E-state index is 0.0835. The maximum Gasteiger partial charge on any atom is 0.252 e. The van der Waals surface area contributed by atoms with Crippen molar-refractivity contribution in [1.29, 1.82) is 5.41 Å². The molecule has 0 saturated carbocycles. The molecule has 1 heterocycles. The summed E-state index contributed by atoms with van der Waals surface area (Å²) in [5, 5.41) is 13.6. The molecule has 0 aliphatic carbocycles. The Hall–Kier alpha value is -3.47. The summed E-state index contributed by atoms with van der Waals surface area (Å²) in [7, 11) is 1.86. The van der Waals surface area contributed by atoms with Crippen LogP contribution in [0.3, 0.4) is 0 Å². The monoisotopic (exact) mass is 386 g/mol. The molecule has 3 aromatic rings. The van der Waals surface area contributed by atoms with Crippen LogP contribution in [-0.2, 0) is 6.42 Å². The van der Waals surface area contributed by atoms with Gasteiger partial charge in [-0.25, -0.2) is 0 Å². The number of carbonyl (C=O) groups is 1. The molecule has 3 rings (SSSR count). The quantitative estimate of drug-likeness (QED) is 0.395. The van der Waals surface area contributed by atoms with Gasteiger partial charge in [-0.15, -0.1) is 0 Å². The van der Waals surface area contributed by atoms with Crippen LogP contribution >= 0.6 is 0 Å². The molecule has 0 unspecified atom stereocenters. The smallest absolute Gasteiger partial charge is 0.252 e. The zero-order chi connectivity index (χ0) is 20.6. The van der Waals surface area contributed by atoms with Gasteiger partial charge >= 0.3 is 0 Å². The Balaban J connectivity index is 1.52. The zero-order valence-corrected chi connectivity index (χ0v) is 16.8. The van der Waals surface area contributed by atoms with E-state index in [1.54, 1.807) is 12.3 Å². The Kier molecular flexibility index (Phi) is 6.74. The van der Waals surface area contributed by atoms with Crippen molar-refractivity contribution in [1.82, 2.24) is 10.3 Å². The molecule has 5 nitrogen and oxygen atoms in total. The van der Waals surface area contributed by atoms with Crippen LogP contribution in [0.25, 0.3) is 11.1 Å². The molecule has 3 N–H and O–H groups in total.